The van der Waals surface area contributed by atoms with Crippen LogP contribution in [0.4, 0.5) is 4.79 Å². The van der Waals surface area contributed by atoms with Crippen LogP contribution in [0.2, 0.25) is 0 Å². The van der Waals surface area contributed by atoms with E-state index in [-0.39, 0.29) is 44.5 Å². The molecule has 1 saturated heterocycles. The van der Waals surface area contributed by atoms with Crippen molar-refractivity contribution in [3.8, 4) is 11.5 Å². The topological polar surface area (TPSA) is 112 Å². The molecule has 0 N–H and O–H groups in total. The third-order valence-corrected chi connectivity index (χ3v) is 5.45. The molecule has 2 aliphatic heterocycles. The van der Waals surface area contributed by atoms with E-state index in [2.05, 4.69) is 0 Å². The number of benzene rings is 1. The highest BCUT2D eigenvalue weighted by molar-refractivity contribution is 5.98. The van der Waals surface area contributed by atoms with E-state index < -0.39 is 23.7 Å². The fourth-order valence-electron chi connectivity index (χ4n) is 3.92. The van der Waals surface area contributed by atoms with Crippen molar-refractivity contribution in [3.05, 3.63) is 23.3 Å². The average Bonchev–Trinajstić information content (AvgIpc) is 3.19. The van der Waals surface area contributed by atoms with Crippen molar-refractivity contribution < 1.29 is 38.1 Å². The Balaban J connectivity index is 1.72. The minimum atomic E-state index is -0.797. The predicted molar refractivity (Wildman–Crippen MR) is 121 cm³/mol. The molecule has 1 amide bonds. The Morgan fingerprint density at radius 3 is 2.38 bits per heavy atom. The van der Waals surface area contributed by atoms with Gasteiger partial charge in [-0.1, -0.05) is 0 Å². The molecule has 0 saturated carbocycles. The van der Waals surface area contributed by atoms with Crippen LogP contribution < -0.4 is 9.47 Å². The van der Waals surface area contributed by atoms with Gasteiger partial charge in [0, 0.05) is 25.1 Å². The summed E-state index contributed by atoms with van der Waals surface area (Å²) < 4.78 is 21.3. The highest BCUT2D eigenvalue weighted by Gasteiger charge is 2.37. The summed E-state index contributed by atoms with van der Waals surface area (Å²) in [6, 6.07) is 2.45. The number of Topliss-reactive ketones (excluding diaryl/α,β-unsaturated/α-hetero) is 2. The number of amides is 1. The highest BCUT2D eigenvalue weighted by atomic mass is 16.7. The Hall–Kier alpha value is -3.14. The quantitative estimate of drug-likeness (QED) is 0.432. The van der Waals surface area contributed by atoms with Gasteiger partial charge in [0.2, 0.25) is 6.79 Å². The van der Waals surface area contributed by atoms with Crippen LogP contribution in [0.5, 0.6) is 11.5 Å². The predicted octanol–water partition coefficient (Wildman–Crippen LogP) is 2.21. The molecule has 10 nitrogen and oxygen atoms in total. The molecule has 0 radical (unpaired) electrons. The normalized spacial score (nSPS) is 17.9. The molecule has 1 aromatic carbocycles. The first-order valence-electron chi connectivity index (χ1n) is 11.3. The molecule has 0 aromatic heterocycles. The second kappa shape index (κ2) is 10.4. The first-order chi connectivity index (χ1) is 16.0. The van der Waals surface area contributed by atoms with Gasteiger partial charge in [0.05, 0.1) is 19.7 Å². The number of ketones is 2. The maximum absolute atomic E-state index is 13.0. The molecule has 1 fully saturated rings. The van der Waals surface area contributed by atoms with Crippen molar-refractivity contribution in [1.29, 1.82) is 0 Å². The fourth-order valence-corrected chi connectivity index (χ4v) is 3.92. The molecule has 34 heavy (non-hydrogen) atoms. The van der Waals surface area contributed by atoms with Crippen molar-refractivity contribution in [2.24, 2.45) is 0 Å². The summed E-state index contributed by atoms with van der Waals surface area (Å²) in [6.45, 7) is 9.33. The Morgan fingerprint density at radius 2 is 1.76 bits per heavy atom. The lowest BCUT2D eigenvalue weighted by Crippen LogP contribution is -2.59. The van der Waals surface area contributed by atoms with Crippen LogP contribution in [0, 0.1) is 0 Å². The smallest absolute Gasteiger partial charge is 0.410 e. The maximum atomic E-state index is 13.0. The van der Waals surface area contributed by atoms with Gasteiger partial charge in [0.25, 0.3) is 0 Å². The second-order valence-corrected chi connectivity index (χ2v) is 9.30. The number of carbonyl (C=O) groups excluding carboxylic acids is 4. The number of hydrogen-bond acceptors (Lipinski definition) is 9. The van der Waals surface area contributed by atoms with Gasteiger partial charge in [-0.3, -0.25) is 19.3 Å². The lowest BCUT2D eigenvalue weighted by molar-refractivity contribution is -0.152. The SMILES string of the molecule is CCOC(=O)C1CN(C(=O)OC(C)(C)C)CCN1CC(=O)Cc1cc2c(cc1C(C)=O)OCO2. The molecule has 3 rings (SSSR count). The lowest BCUT2D eigenvalue weighted by Gasteiger charge is -2.39. The summed E-state index contributed by atoms with van der Waals surface area (Å²) >= 11 is 0. The van der Waals surface area contributed by atoms with E-state index in [0.717, 1.165) is 0 Å². The van der Waals surface area contributed by atoms with Gasteiger partial charge in [-0.15, -0.1) is 0 Å². The molecular weight excluding hydrogens is 444 g/mol. The fraction of sp³-hybridized carbons (Fsp3) is 0.583. The molecule has 2 heterocycles. The molecule has 1 aromatic rings. The number of nitrogens with zero attached hydrogens (tertiary/aromatic N) is 2. The van der Waals surface area contributed by atoms with Crippen molar-refractivity contribution in [2.45, 2.75) is 52.7 Å². The number of piperazine rings is 1. The molecule has 1 atom stereocenters. The van der Waals surface area contributed by atoms with Gasteiger partial charge >= 0.3 is 12.1 Å². The molecule has 2 aliphatic rings. The molecule has 0 bridgehead atoms. The summed E-state index contributed by atoms with van der Waals surface area (Å²) in [5, 5.41) is 0. The highest BCUT2D eigenvalue weighted by Crippen LogP contribution is 2.35. The first-order valence-corrected chi connectivity index (χ1v) is 11.3. The van der Waals surface area contributed by atoms with Crippen LogP contribution >= 0.6 is 0 Å². The van der Waals surface area contributed by atoms with Crippen LogP contribution in [0.25, 0.3) is 0 Å². The Labute approximate surface area is 199 Å². The van der Waals surface area contributed by atoms with E-state index in [1.54, 1.807) is 44.7 Å². The van der Waals surface area contributed by atoms with Crippen molar-refractivity contribution in [1.82, 2.24) is 9.80 Å². The Morgan fingerprint density at radius 1 is 1.09 bits per heavy atom. The standard InChI is InChI=1S/C24H32N2O8/c1-6-31-22(29)19-13-26(23(30)34-24(3,4)5)8-7-25(19)12-17(28)9-16-10-20-21(33-14-32-20)11-18(16)15(2)27/h10-11,19H,6-9,12-14H2,1-5H3. The van der Waals surface area contributed by atoms with Crippen LogP contribution in [-0.2, 0) is 25.5 Å². The molecule has 0 aliphatic carbocycles. The monoisotopic (exact) mass is 476 g/mol. The zero-order valence-corrected chi connectivity index (χ0v) is 20.3. The second-order valence-electron chi connectivity index (χ2n) is 9.30. The van der Waals surface area contributed by atoms with Gasteiger partial charge in [0.15, 0.2) is 23.1 Å². The Bertz CT molecular complexity index is 968. The van der Waals surface area contributed by atoms with Gasteiger partial charge in [-0.25, -0.2) is 4.79 Å². The molecule has 1 unspecified atom stereocenters. The van der Waals surface area contributed by atoms with E-state index in [9.17, 15) is 19.2 Å². The van der Waals surface area contributed by atoms with E-state index in [0.29, 0.717) is 35.7 Å². The van der Waals surface area contributed by atoms with Gasteiger partial charge < -0.3 is 23.8 Å². The van der Waals surface area contributed by atoms with Crippen LogP contribution in [0.3, 0.4) is 0 Å². The third-order valence-electron chi connectivity index (χ3n) is 5.45. The minimum Gasteiger partial charge on any atom is -0.465 e. The van der Waals surface area contributed by atoms with Gasteiger partial charge in [-0.05, 0) is 52.3 Å². The van der Waals surface area contributed by atoms with Crippen molar-refractivity contribution in [3.63, 3.8) is 0 Å². The molecule has 186 valence electrons. The zero-order valence-electron chi connectivity index (χ0n) is 20.3. The van der Waals surface area contributed by atoms with E-state index >= 15 is 0 Å². The summed E-state index contributed by atoms with van der Waals surface area (Å²) in [7, 11) is 0. The number of hydrogen-bond donors (Lipinski definition) is 0. The number of fused-ring (bicyclic) bond motifs is 1. The maximum Gasteiger partial charge on any atom is 0.410 e. The molecular formula is C24H32N2O8. The van der Waals surface area contributed by atoms with Crippen molar-refractivity contribution in [2.75, 3.05) is 39.6 Å². The molecule has 0 spiro atoms. The van der Waals surface area contributed by atoms with Crippen LogP contribution in [0.15, 0.2) is 12.1 Å². The van der Waals surface area contributed by atoms with Crippen LogP contribution in [-0.4, -0.2) is 84.7 Å². The minimum absolute atomic E-state index is 0.00657. The summed E-state index contributed by atoms with van der Waals surface area (Å²) in [6.07, 6.45) is -0.521. The average molecular weight is 477 g/mol. The van der Waals surface area contributed by atoms with Gasteiger partial charge in [-0.2, -0.15) is 0 Å². The van der Waals surface area contributed by atoms with Crippen molar-refractivity contribution >= 4 is 23.6 Å². The number of ether oxygens (including phenoxy) is 4. The third kappa shape index (κ3) is 6.25. The summed E-state index contributed by atoms with van der Waals surface area (Å²) in [5.74, 6) is 0.0964. The van der Waals surface area contributed by atoms with E-state index in [1.165, 1.54) is 11.8 Å². The largest absolute Gasteiger partial charge is 0.465 e. The first kappa shape index (κ1) is 25.5. The number of esters is 1. The van der Waals surface area contributed by atoms with E-state index in [4.69, 9.17) is 18.9 Å². The lowest BCUT2D eigenvalue weighted by atomic mass is 9.98. The summed E-state index contributed by atoms with van der Waals surface area (Å²) in [4.78, 5) is 53.5. The van der Waals surface area contributed by atoms with Crippen LogP contribution in [0.1, 0.15) is 50.5 Å². The number of carbonyl (C=O) groups is 4. The van der Waals surface area contributed by atoms with E-state index in [1.807, 2.05) is 0 Å². The Kier molecular flexibility index (Phi) is 7.81. The van der Waals surface area contributed by atoms with Gasteiger partial charge in [0.1, 0.15) is 11.6 Å². The molecule has 10 heteroatoms. The zero-order chi connectivity index (χ0) is 25.0. The summed E-state index contributed by atoms with van der Waals surface area (Å²) in [5.41, 5.74) is 0.277. The number of rotatable bonds is 7.